The summed E-state index contributed by atoms with van der Waals surface area (Å²) in [6.45, 7) is 0.918. The van der Waals surface area contributed by atoms with Crippen LogP contribution in [0, 0.1) is 11.8 Å². The van der Waals surface area contributed by atoms with Crippen molar-refractivity contribution in [2.45, 2.75) is 31.0 Å². The zero-order chi connectivity index (χ0) is 22.7. The van der Waals surface area contributed by atoms with E-state index in [1.54, 1.807) is 24.3 Å². The summed E-state index contributed by atoms with van der Waals surface area (Å²) in [6, 6.07) is 13.4. The fourth-order valence-electron chi connectivity index (χ4n) is 5.83. The first-order valence-corrected chi connectivity index (χ1v) is 11.7. The van der Waals surface area contributed by atoms with Crippen molar-refractivity contribution < 1.29 is 19.1 Å². The fourth-order valence-corrected chi connectivity index (χ4v) is 5.96. The van der Waals surface area contributed by atoms with Gasteiger partial charge in [0.1, 0.15) is 6.04 Å². The Bertz CT molecular complexity index is 1170. The minimum atomic E-state index is -0.766. The molecule has 4 heterocycles. The van der Waals surface area contributed by atoms with E-state index in [0.717, 1.165) is 24.1 Å². The highest BCUT2D eigenvalue weighted by atomic mass is 35.5. The van der Waals surface area contributed by atoms with Crippen molar-refractivity contribution in [3.8, 4) is 0 Å². The van der Waals surface area contributed by atoms with Crippen molar-refractivity contribution in [1.82, 2.24) is 4.90 Å². The molecule has 0 bridgehead atoms. The summed E-state index contributed by atoms with van der Waals surface area (Å²) < 4.78 is 5.69. The number of ether oxygens (including phenoxy) is 1. The summed E-state index contributed by atoms with van der Waals surface area (Å²) in [5, 5.41) is 0.537. The van der Waals surface area contributed by atoms with E-state index in [2.05, 4.69) is 0 Å². The van der Waals surface area contributed by atoms with Crippen LogP contribution in [0.3, 0.4) is 0 Å². The summed E-state index contributed by atoms with van der Waals surface area (Å²) >= 11 is 6.04. The summed E-state index contributed by atoms with van der Waals surface area (Å²) in [5.41, 5.74) is 2.32. The third kappa shape index (κ3) is 3.15. The van der Waals surface area contributed by atoms with E-state index in [1.165, 1.54) is 4.90 Å². The largest absolute Gasteiger partial charge is 0.376 e. The number of anilines is 1. The standard InChI is InChI=1S/C26H23ClN2O4/c27-17-10-7-16(8-11-17)24(30)23-22-21(20-12-9-15-4-1-2-6-19(15)29(20)23)25(31)28(26(22)32)14-18-5-3-13-33-18/h1-2,4,6-12,18,20-23H,3,5,13-14H2/t18-,20+,21+,22+,23-/m0/s1. The van der Waals surface area contributed by atoms with Gasteiger partial charge in [0.25, 0.3) is 0 Å². The predicted molar refractivity (Wildman–Crippen MR) is 124 cm³/mol. The first-order valence-electron chi connectivity index (χ1n) is 11.4. The normalized spacial score (nSPS) is 29.9. The molecule has 7 heteroatoms. The number of likely N-dealkylation sites (tertiary alicyclic amines) is 1. The molecule has 0 aromatic heterocycles. The molecule has 0 unspecified atom stereocenters. The first-order chi connectivity index (χ1) is 16.0. The van der Waals surface area contributed by atoms with Gasteiger partial charge in [-0.05, 0) is 48.7 Å². The number of carbonyl (C=O) groups excluding carboxylic acids is 3. The highest BCUT2D eigenvalue weighted by molar-refractivity contribution is 6.30. The Morgan fingerprint density at radius 1 is 1.03 bits per heavy atom. The monoisotopic (exact) mass is 462 g/mol. The number of rotatable bonds is 4. The highest BCUT2D eigenvalue weighted by Crippen LogP contribution is 2.49. The van der Waals surface area contributed by atoms with Gasteiger partial charge in [-0.2, -0.15) is 0 Å². The lowest BCUT2D eigenvalue weighted by molar-refractivity contribution is -0.142. The number of ketones is 1. The van der Waals surface area contributed by atoms with Gasteiger partial charge in [0, 0.05) is 22.9 Å². The van der Waals surface area contributed by atoms with Crippen molar-refractivity contribution in [2.24, 2.45) is 11.8 Å². The van der Waals surface area contributed by atoms with Gasteiger partial charge in [0.15, 0.2) is 5.78 Å². The Hall–Kier alpha value is -2.96. The number of nitrogens with zero attached hydrogens (tertiary/aromatic N) is 2. The highest BCUT2D eigenvalue weighted by Gasteiger charge is 2.64. The van der Waals surface area contributed by atoms with E-state index >= 15 is 0 Å². The van der Waals surface area contributed by atoms with Crippen LogP contribution < -0.4 is 4.90 Å². The number of fused-ring (bicyclic) bond motifs is 5. The van der Waals surface area contributed by atoms with Gasteiger partial charge < -0.3 is 9.64 Å². The quantitative estimate of drug-likeness (QED) is 0.513. The van der Waals surface area contributed by atoms with Gasteiger partial charge in [0.2, 0.25) is 11.8 Å². The molecule has 2 aromatic rings. The number of Topliss-reactive ketones (excluding diaryl/α,β-unsaturated/α-hetero) is 1. The minimum Gasteiger partial charge on any atom is -0.376 e. The molecule has 4 aliphatic heterocycles. The number of amides is 2. The second kappa shape index (κ2) is 7.82. The fraction of sp³-hybridized carbons (Fsp3) is 0.346. The molecule has 0 aliphatic carbocycles. The van der Waals surface area contributed by atoms with E-state index < -0.39 is 17.9 Å². The Labute approximate surface area is 196 Å². The Balaban J connectivity index is 1.43. The van der Waals surface area contributed by atoms with Crippen LogP contribution in [0.4, 0.5) is 5.69 Å². The van der Waals surface area contributed by atoms with E-state index in [-0.39, 0.29) is 36.3 Å². The van der Waals surface area contributed by atoms with Crippen LogP contribution in [-0.4, -0.2) is 53.8 Å². The van der Waals surface area contributed by atoms with Gasteiger partial charge in [-0.1, -0.05) is 42.0 Å². The number of imide groups is 1. The number of benzene rings is 2. The SMILES string of the molecule is O=C(c1ccc(Cl)cc1)[C@@H]1[C@@H]2C(=O)N(C[C@@H]3CCCO3)C(=O)[C@@H]2[C@H]2C=Cc3ccccc3N21. The average molecular weight is 463 g/mol. The molecule has 0 N–H and O–H groups in total. The zero-order valence-electron chi connectivity index (χ0n) is 17.9. The van der Waals surface area contributed by atoms with Gasteiger partial charge in [0.05, 0.1) is 30.5 Å². The molecular formula is C26H23ClN2O4. The molecule has 0 saturated carbocycles. The first kappa shape index (κ1) is 20.6. The number of hydrogen-bond acceptors (Lipinski definition) is 5. The van der Waals surface area contributed by atoms with E-state index in [0.29, 0.717) is 17.2 Å². The summed E-state index contributed by atoms with van der Waals surface area (Å²) in [4.78, 5) is 44.4. The van der Waals surface area contributed by atoms with Crippen molar-refractivity contribution in [3.05, 3.63) is 70.8 Å². The predicted octanol–water partition coefficient (Wildman–Crippen LogP) is 3.59. The van der Waals surface area contributed by atoms with Gasteiger partial charge in [-0.3, -0.25) is 19.3 Å². The molecule has 3 saturated heterocycles. The molecule has 0 spiro atoms. The smallest absolute Gasteiger partial charge is 0.235 e. The van der Waals surface area contributed by atoms with Crippen molar-refractivity contribution in [1.29, 1.82) is 0 Å². The number of hydrogen-bond donors (Lipinski definition) is 0. The molecule has 2 amide bonds. The molecule has 0 radical (unpaired) electrons. The zero-order valence-corrected chi connectivity index (χ0v) is 18.6. The molecule has 6 rings (SSSR count). The molecule has 33 heavy (non-hydrogen) atoms. The van der Waals surface area contributed by atoms with E-state index in [1.807, 2.05) is 41.3 Å². The molecule has 3 fully saturated rings. The number of para-hydroxylation sites is 1. The van der Waals surface area contributed by atoms with Gasteiger partial charge >= 0.3 is 0 Å². The summed E-state index contributed by atoms with van der Waals surface area (Å²) in [6.07, 6.45) is 5.60. The van der Waals surface area contributed by atoms with Crippen LogP contribution in [-0.2, 0) is 14.3 Å². The summed E-state index contributed by atoms with van der Waals surface area (Å²) in [7, 11) is 0. The molecule has 2 aromatic carbocycles. The lowest BCUT2D eigenvalue weighted by Crippen LogP contribution is -2.49. The molecule has 6 nitrogen and oxygen atoms in total. The second-order valence-electron chi connectivity index (χ2n) is 9.11. The maximum Gasteiger partial charge on any atom is 0.235 e. The van der Waals surface area contributed by atoms with Crippen LogP contribution in [0.25, 0.3) is 6.08 Å². The molecular weight excluding hydrogens is 440 g/mol. The van der Waals surface area contributed by atoms with Crippen LogP contribution in [0.5, 0.6) is 0 Å². The van der Waals surface area contributed by atoms with Gasteiger partial charge in [-0.15, -0.1) is 0 Å². The second-order valence-corrected chi connectivity index (χ2v) is 9.54. The Morgan fingerprint density at radius 3 is 2.55 bits per heavy atom. The molecule has 5 atom stereocenters. The lowest BCUT2D eigenvalue weighted by Gasteiger charge is -2.36. The lowest BCUT2D eigenvalue weighted by atomic mass is 9.86. The van der Waals surface area contributed by atoms with Crippen LogP contribution in [0.2, 0.25) is 5.02 Å². The third-order valence-corrected chi connectivity index (χ3v) is 7.57. The topological polar surface area (TPSA) is 66.9 Å². The minimum absolute atomic E-state index is 0.124. The maximum atomic E-state index is 13.9. The van der Waals surface area contributed by atoms with Crippen molar-refractivity contribution in [2.75, 3.05) is 18.1 Å². The molecule has 168 valence electrons. The number of halogens is 1. The third-order valence-electron chi connectivity index (χ3n) is 7.31. The van der Waals surface area contributed by atoms with Crippen molar-refractivity contribution >= 4 is 41.0 Å². The Kier molecular flexibility index (Phi) is 4.89. The maximum absolute atomic E-state index is 13.9. The van der Waals surface area contributed by atoms with Gasteiger partial charge in [-0.25, -0.2) is 0 Å². The van der Waals surface area contributed by atoms with E-state index in [9.17, 15) is 14.4 Å². The summed E-state index contributed by atoms with van der Waals surface area (Å²) in [5.74, 6) is -1.97. The van der Waals surface area contributed by atoms with Crippen LogP contribution >= 0.6 is 11.6 Å². The van der Waals surface area contributed by atoms with E-state index in [4.69, 9.17) is 16.3 Å². The van der Waals surface area contributed by atoms with Crippen LogP contribution in [0.15, 0.2) is 54.6 Å². The average Bonchev–Trinajstić information content (AvgIpc) is 3.52. The number of carbonyl (C=O) groups is 3. The molecule has 4 aliphatic rings. The Morgan fingerprint density at radius 2 is 1.79 bits per heavy atom. The van der Waals surface area contributed by atoms with Crippen molar-refractivity contribution in [3.63, 3.8) is 0 Å². The van der Waals surface area contributed by atoms with Crippen LogP contribution in [0.1, 0.15) is 28.8 Å².